The topological polar surface area (TPSA) is 29.9 Å². The van der Waals surface area contributed by atoms with Gasteiger partial charge in [-0.05, 0) is 31.4 Å². The maximum absolute atomic E-state index is 4.63. The van der Waals surface area contributed by atoms with Crippen molar-refractivity contribution >= 4 is 17.0 Å². The molecule has 0 bridgehead atoms. The van der Waals surface area contributed by atoms with Crippen molar-refractivity contribution in [2.24, 2.45) is 7.05 Å². The summed E-state index contributed by atoms with van der Waals surface area (Å²) < 4.78 is 2.13. The van der Waals surface area contributed by atoms with Gasteiger partial charge in [-0.2, -0.15) is 0 Å². The van der Waals surface area contributed by atoms with E-state index < -0.39 is 0 Å². The zero-order chi connectivity index (χ0) is 11.7. The Hall–Kier alpha value is -1.77. The first kappa shape index (κ1) is 10.4. The highest BCUT2D eigenvalue weighted by molar-refractivity contribution is 5.78. The van der Waals surface area contributed by atoms with Gasteiger partial charge in [0.25, 0.3) is 0 Å². The van der Waals surface area contributed by atoms with Crippen molar-refractivity contribution < 1.29 is 0 Å². The summed E-state index contributed by atoms with van der Waals surface area (Å²) in [5.41, 5.74) is 2.24. The minimum atomic E-state index is 0.524. The third-order valence-corrected chi connectivity index (χ3v) is 3.39. The normalized spacial score (nSPS) is 19.7. The highest BCUT2D eigenvalue weighted by atomic mass is 15.2. The SMILES string of the molecule is Cn1c(NC2CC=CCC2)nc2ccccc21. The van der Waals surface area contributed by atoms with E-state index in [0.717, 1.165) is 17.9 Å². The zero-order valence-electron chi connectivity index (χ0n) is 10.1. The summed E-state index contributed by atoms with van der Waals surface area (Å²) in [6, 6.07) is 8.77. The Bertz CT molecular complexity index is 554. The predicted molar refractivity (Wildman–Crippen MR) is 71.1 cm³/mol. The number of nitrogens with one attached hydrogen (secondary N) is 1. The monoisotopic (exact) mass is 227 g/mol. The molecule has 17 heavy (non-hydrogen) atoms. The van der Waals surface area contributed by atoms with E-state index in [9.17, 15) is 0 Å². The molecule has 0 amide bonds. The molecule has 0 aliphatic heterocycles. The Morgan fingerprint density at radius 3 is 2.94 bits per heavy atom. The van der Waals surface area contributed by atoms with Gasteiger partial charge in [-0.15, -0.1) is 0 Å². The minimum absolute atomic E-state index is 0.524. The molecule has 1 aliphatic carbocycles. The summed E-state index contributed by atoms with van der Waals surface area (Å²) in [6.45, 7) is 0. The van der Waals surface area contributed by atoms with Gasteiger partial charge in [0.15, 0.2) is 0 Å². The summed E-state index contributed by atoms with van der Waals surface area (Å²) in [7, 11) is 2.07. The van der Waals surface area contributed by atoms with Crippen LogP contribution in [0, 0.1) is 0 Å². The molecule has 0 radical (unpaired) electrons. The summed E-state index contributed by atoms with van der Waals surface area (Å²) in [5, 5.41) is 3.54. The molecule has 1 heterocycles. The summed E-state index contributed by atoms with van der Waals surface area (Å²) in [5.74, 6) is 0.978. The number of aryl methyl sites for hydroxylation is 1. The van der Waals surface area contributed by atoms with Gasteiger partial charge in [-0.1, -0.05) is 24.3 Å². The standard InChI is InChI=1S/C14H17N3/c1-17-13-10-6-5-9-12(13)16-14(17)15-11-7-3-2-4-8-11/h2-3,5-6,9-11H,4,7-8H2,1H3,(H,15,16). The lowest BCUT2D eigenvalue weighted by Crippen LogP contribution is -2.22. The van der Waals surface area contributed by atoms with Crippen LogP contribution in [0.2, 0.25) is 0 Å². The molecule has 1 aliphatic rings. The fourth-order valence-electron chi connectivity index (χ4n) is 2.38. The summed E-state index contributed by atoms with van der Waals surface area (Å²) >= 11 is 0. The van der Waals surface area contributed by atoms with E-state index in [4.69, 9.17) is 0 Å². The first-order valence-corrected chi connectivity index (χ1v) is 6.17. The highest BCUT2D eigenvalue weighted by Gasteiger charge is 2.13. The Morgan fingerprint density at radius 1 is 1.29 bits per heavy atom. The number of nitrogens with zero attached hydrogens (tertiary/aromatic N) is 2. The van der Waals surface area contributed by atoms with Gasteiger partial charge < -0.3 is 9.88 Å². The number of fused-ring (bicyclic) bond motifs is 1. The Morgan fingerprint density at radius 2 is 2.18 bits per heavy atom. The highest BCUT2D eigenvalue weighted by Crippen LogP contribution is 2.21. The lowest BCUT2D eigenvalue weighted by atomic mass is 10.0. The third-order valence-electron chi connectivity index (χ3n) is 3.39. The van der Waals surface area contributed by atoms with Crippen molar-refractivity contribution in [3.8, 4) is 0 Å². The number of aromatic nitrogens is 2. The quantitative estimate of drug-likeness (QED) is 0.799. The second-order valence-corrected chi connectivity index (χ2v) is 4.61. The number of hydrogen-bond donors (Lipinski definition) is 1. The molecule has 3 rings (SSSR count). The molecule has 0 fully saturated rings. The smallest absolute Gasteiger partial charge is 0.203 e. The molecular weight excluding hydrogens is 210 g/mol. The van der Waals surface area contributed by atoms with Crippen molar-refractivity contribution in [1.82, 2.24) is 9.55 Å². The summed E-state index contributed by atoms with van der Waals surface area (Å²) in [6.07, 6.45) is 7.97. The van der Waals surface area contributed by atoms with Crippen LogP contribution in [0.25, 0.3) is 11.0 Å². The van der Waals surface area contributed by atoms with Crippen molar-refractivity contribution in [2.45, 2.75) is 25.3 Å². The second kappa shape index (κ2) is 4.24. The number of hydrogen-bond acceptors (Lipinski definition) is 2. The molecule has 3 nitrogen and oxygen atoms in total. The van der Waals surface area contributed by atoms with Crippen LogP contribution < -0.4 is 5.32 Å². The van der Waals surface area contributed by atoms with Gasteiger partial charge in [0.05, 0.1) is 11.0 Å². The molecule has 1 unspecified atom stereocenters. The average molecular weight is 227 g/mol. The van der Waals surface area contributed by atoms with E-state index in [1.165, 1.54) is 18.4 Å². The number of allylic oxidation sites excluding steroid dienone is 1. The number of para-hydroxylation sites is 2. The zero-order valence-corrected chi connectivity index (χ0v) is 10.1. The fraction of sp³-hybridized carbons (Fsp3) is 0.357. The van der Waals surface area contributed by atoms with Crippen LogP contribution in [-0.4, -0.2) is 15.6 Å². The van der Waals surface area contributed by atoms with Crippen LogP contribution in [0.3, 0.4) is 0 Å². The molecule has 3 heteroatoms. The van der Waals surface area contributed by atoms with Gasteiger partial charge in [-0.3, -0.25) is 0 Å². The Balaban J connectivity index is 1.89. The number of anilines is 1. The van der Waals surface area contributed by atoms with Gasteiger partial charge in [-0.25, -0.2) is 4.98 Å². The van der Waals surface area contributed by atoms with Gasteiger partial charge in [0, 0.05) is 13.1 Å². The molecule has 88 valence electrons. The fourth-order valence-corrected chi connectivity index (χ4v) is 2.38. The molecular formula is C14H17N3. The Labute approximate surface area is 101 Å². The van der Waals surface area contributed by atoms with Crippen LogP contribution in [0.15, 0.2) is 36.4 Å². The van der Waals surface area contributed by atoms with Gasteiger partial charge in [0.2, 0.25) is 5.95 Å². The van der Waals surface area contributed by atoms with Crippen LogP contribution in [-0.2, 0) is 7.05 Å². The van der Waals surface area contributed by atoms with Crippen LogP contribution in [0.5, 0.6) is 0 Å². The average Bonchev–Trinajstić information content (AvgIpc) is 2.68. The first-order valence-electron chi connectivity index (χ1n) is 6.17. The molecule has 2 aromatic rings. The molecule has 0 spiro atoms. The van der Waals surface area contributed by atoms with Crippen molar-refractivity contribution in [3.63, 3.8) is 0 Å². The second-order valence-electron chi connectivity index (χ2n) is 4.61. The van der Waals surface area contributed by atoms with Crippen LogP contribution in [0.4, 0.5) is 5.95 Å². The molecule has 1 N–H and O–H groups in total. The number of benzene rings is 1. The molecule has 0 saturated carbocycles. The maximum Gasteiger partial charge on any atom is 0.203 e. The molecule has 1 aromatic heterocycles. The lowest BCUT2D eigenvalue weighted by molar-refractivity contribution is 0.635. The predicted octanol–water partition coefficient (Wildman–Crippen LogP) is 3.09. The van der Waals surface area contributed by atoms with Crippen molar-refractivity contribution in [2.75, 3.05) is 5.32 Å². The summed E-state index contributed by atoms with van der Waals surface area (Å²) in [4.78, 5) is 4.63. The van der Waals surface area contributed by atoms with Gasteiger partial charge in [0.1, 0.15) is 0 Å². The van der Waals surface area contributed by atoms with Gasteiger partial charge >= 0.3 is 0 Å². The first-order chi connectivity index (χ1) is 8.34. The van der Waals surface area contributed by atoms with E-state index in [-0.39, 0.29) is 0 Å². The van der Waals surface area contributed by atoms with E-state index >= 15 is 0 Å². The minimum Gasteiger partial charge on any atom is -0.353 e. The largest absolute Gasteiger partial charge is 0.353 e. The van der Waals surface area contributed by atoms with E-state index in [1.807, 2.05) is 6.07 Å². The molecule has 0 saturated heterocycles. The number of imidazole rings is 1. The van der Waals surface area contributed by atoms with E-state index in [1.54, 1.807) is 0 Å². The Kier molecular flexibility index (Phi) is 2.59. The van der Waals surface area contributed by atoms with E-state index in [2.05, 4.69) is 52.3 Å². The number of rotatable bonds is 2. The van der Waals surface area contributed by atoms with Crippen LogP contribution >= 0.6 is 0 Å². The molecule has 1 atom stereocenters. The van der Waals surface area contributed by atoms with Crippen LogP contribution in [0.1, 0.15) is 19.3 Å². The molecule has 1 aromatic carbocycles. The third kappa shape index (κ3) is 1.93. The van der Waals surface area contributed by atoms with Crippen molar-refractivity contribution in [1.29, 1.82) is 0 Å². The lowest BCUT2D eigenvalue weighted by Gasteiger charge is -2.19. The van der Waals surface area contributed by atoms with E-state index in [0.29, 0.717) is 6.04 Å². The maximum atomic E-state index is 4.63. The van der Waals surface area contributed by atoms with Crippen molar-refractivity contribution in [3.05, 3.63) is 36.4 Å².